The van der Waals surface area contributed by atoms with Crippen LogP contribution in [0.2, 0.25) is 5.02 Å². The Morgan fingerprint density at radius 1 is 1.03 bits per heavy atom. The number of nitrogens with one attached hydrogen (secondary N) is 2. The summed E-state index contributed by atoms with van der Waals surface area (Å²) in [6, 6.07) is 15.7. The zero-order chi connectivity index (χ0) is 21.0. The summed E-state index contributed by atoms with van der Waals surface area (Å²) in [7, 11) is -2.53. The maximum atomic E-state index is 14.4. The Balaban J connectivity index is 1.79. The lowest BCUT2D eigenvalue weighted by atomic mass is 10.2. The van der Waals surface area contributed by atoms with Crippen molar-refractivity contribution in [3.8, 4) is 5.75 Å². The zero-order valence-electron chi connectivity index (χ0n) is 15.1. The molecule has 0 atom stereocenters. The van der Waals surface area contributed by atoms with Gasteiger partial charge in [-0.3, -0.25) is 9.52 Å². The molecule has 0 aliphatic rings. The standard InChI is InChI=1S/C20H16ClFN2O4S/c1-28-14-8-6-13(7-9-14)24-29(26,27)15-10-11-19(18(22)12-15)23-20(25)16-4-2-3-5-17(16)21/h2-12,24H,1H3,(H,23,25). The maximum absolute atomic E-state index is 14.4. The summed E-state index contributed by atoms with van der Waals surface area (Å²) in [6.45, 7) is 0. The molecule has 9 heteroatoms. The molecule has 150 valence electrons. The molecule has 2 N–H and O–H groups in total. The monoisotopic (exact) mass is 434 g/mol. The minimum absolute atomic E-state index is 0.168. The highest BCUT2D eigenvalue weighted by molar-refractivity contribution is 7.92. The van der Waals surface area contributed by atoms with Crippen molar-refractivity contribution in [2.75, 3.05) is 17.1 Å². The molecule has 3 aromatic rings. The van der Waals surface area contributed by atoms with E-state index in [4.69, 9.17) is 16.3 Å². The summed E-state index contributed by atoms with van der Waals surface area (Å²) in [4.78, 5) is 12.0. The molecule has 0 aromatic heterocycles. The molecule has 0 fully saturated rings. The van der Waals surface area contributed by atoms with Gasteiger partial charge in [-0.05, 0) is 54.6 Å². The Morgan fingerprint density at radius 2 is 1.72 bits per heavy atom. The molecule has 0 unspecified atom stereocenters. The highest BCUT2D eigenvalue weighted by atomic mass is 35.5. The van der Waals surface area contributed by atoms with Crippen LogP contribution >= 0.6 is 11.6 Å². The number of carbonyl (C=O) groups excluding carboxylic acids is 1. The van der Waals surface area contributed by atoms with E-state index in [-0.39, 0.29) is 21.2 Å². The van der Waals surface area contributed by atoms with Crippen molar-refractivity contribution in [3.63, 3.8) is 0 Å². The largest absolute Gasteiger partial charge is 0.497 e. The minimum Gasteiger partial charge on any atom is -0.497 e. The number of benzene rings is 3. The predicted octanol–water partition coefficient (Wildman–Crippen LogP) is 4.54. The molecule has 3 rings (SSSR count). The Hall–Kier alpha value is -3.10. The van der Waals surface area contributed by atoms with Gasteiger partial charge in [-0.2, -0.15) is 0 Å². The summed E-state index contributed by atoms with van der Waals surface area (Å²) in [5.74, 6) is -0.943. The number of sulfonamides is 1. The Morgan fingerprint density at radius 3 is 2.34 bits per heavy atom. The first-order chi connectivity index (χ1) is 13.8. The fourth-order valence-corrected chi connectivity index (χ4v) is 3.76. The van der Waals surface area contributed by atoms with Gasteiger partial charge in [-0.15, -0.1) is 0 Å². The van der Waals surface area contributed by atoms with E-state index < -0.39 is 21.7 Å². The second kappa shape index (κ2) is 8.50. The van der Waals surface area contributed by atoms with E-state index in [0.29, 0.717) is 11.4 Å². The second-order valence-electron chi connectivity index (χ2n) is 5.91. The number of rotatable bonds is 6. The van der Waals surface area contributed by atoms with Gasteiger partial charge in [0.2, 0.25) is 0 Å². The van der Waals surface area contributed by atoms with Crippen molar-refractivity contribution in [3.05, 3.63) is 83.1 Å². The van der Waals surface area contributed by atoms with E-state index in [0.717, 1.165) is 6.07 Å². The van der Waals surface area contributed by atoms with Crippen molar-refractivity contribution in [1.82, 2.24) is 0 Å². The van der Waals surface area contributed by atoms with E-state index >= 15 is 0 Å². The van der Waals surface area contributed by atoms with Crippen LogP contribution in [0, 0.1) is 5.82 Å². The van der Waals surface area contributed by atoms with Crippen LogP contribution in [0.5, 0.6) is 5.75 Å². The zero-order valence-corrected chi connectivity index (χ0v) is 16.7. The number of ether oxygens (including phenoxy) is 1. The van der Waals surface area contributed by atoms with Crippen molar-refractivity contribution in [1.29, 1.82) is 0 Å². The summed E-state index contributed by atoms with van der Waals surface area (Å²) >= 11 is 5.96. The summed E-state index contributed by atoms with van der Waals surface area (Å²) in [5.41, 5.74) is 0.298. The number of amides is 1. The van der Waals surface area contributed by atoms with E-state index in [1.165, 1.54) is 43.5 Å². The van der Waals surface area contributed by atoms with Crippen LogP contribution in [0.4, 0.5) is 15.8 Å². The molecule has 0 saturated heterocycles. The van der Waals surface area contributed by atoms with Gasteiger partial charge < -0.3 is 10.1 Å². The van der Waals surface area contributed by atoms with E-state index in [1.807, 2.05) is 0 Å². The highest BCUT2D eigenvalue weighted by Crippen LogP contribution is 2.24. The first-order valence-electron chi connectivity index (χ1n) is 8.32. The lowest BCUT2D eigenvalue weighted by Gasteiger charge is -2.11. The molecule has 0 heterocycles. The molecule has 0 bridgehead atoms. The molecule has 0 aliphatic heterocycles. The van der Waals surface area contributed by atoms with Gasteiger partial charge in [0.1, 0.15) is 11.6 Å². The lowest BCUT2D eigenvalue weighted by molar-refractivity contribution is 0.102. The number of hydrogen-bond donors (Lipinski definition) is 2. The van der Waals surface area contributed by atoms with Crippen molar-refractivity contribution >= 4 is 38.9 Å². The molecule has 0 aliphatic carbocycles. The van der Waals surface area contributed by atoms with Gasteiger partial charge in [-0.25, -0.2) is 12.8 Å². The average molecular weight is 435 g/mol. The Bertz CT molecular complexity index is 1150. The fraction of sp³-hybridized carbons (Fsp3) is 0.0500. The first kappa shape index (κ1) is 20.6. The van der Waals surface area contributed by atoms with Gasteiger partial charge in [0.05, 0.1) is 28.3 Å². The molecule has 1 amide bonds. The molecule has 0 saturated carbocycles. The number of halogens is 2. The summed E-state index contributed by atoms with van der Waals surface area (Å²) < 4.78 is 46.8. The van der Waals surface area contributed by atoms with Crippen LogP contribution in [0.25, 0.3) is 0 Å². The van der Waals surface area contributed by atoms with Gasteiger partial charge in [0, 0.05) is 5.69 Å². The SMILES string of the molecule is COc1ccc(NS(=O)(=O)c2ccc(NC(=O)c3ccccc3Cl)c(F)c2)cc1. The van der Waals surface area contributed by atoms with Crippen LogP contribution in [0.3, 0.4) is 0 Å². The van der Waals surface area contributed by atoms with Crippen LogP contribution in [-0.2, 0) is 10.0 Å². The molecule has 29 heavy (non-hydrogen) atoms. The molecule has 6 nitrogen and oxygen atoms in total. The van der Waals surface area contributed by atoms with Gasteiger partial charge in [0.15, 0.2) is 0 Å². The predicted molar refractivity (Wildman–Crippen MR) is 110 cm³/mol. The minimum atomic E-state index is -4.02. The smallest absolute Gasteiger partial charge is 0.261 e. The molecule has 3 aromatic carbocycles. The first-order valence-corrected chi connectivity index (χ1v) is 10.2. The third-order valence-electron chi connectivity index (χ3n) is 3.96. The third-order valence-corrected chi connectivity index (χ3v) is 5.67. The van der Waals surface area contributed by atoms with Crippen molar-refractivity contribution in [2.45, 2.75) is 4.90 Å². The van der Waals surface area contributed by atoms with E-state index in [9.17, 15) is 17.6 Å². The quantitative estimate of drug-likeness (QED) is 0.596. The maximum Gasteiger partial charge on any atom is 0.261 e. The fourth-order valence-electron chi connectivity index (χ4n) is 2.47. The Labute approximate surface area is 172 Å². The molecule has 0 radical (unpaired) electrons. The lowest BCUT2D eigenvalue weighted by Crippen LogP contribution is -2.15. The number of anilines is 2. The average Bonchev–Trinajstić information content (AvgIpc) is 2.70. The van der Waals surface area contributed by atoms with Crippen LogP contribution in [-0.4, -0.2) is 21.4 Å². The van der Waals surface area contributed by atoms with E-state index in [2.05, 4.69) is 10.0 Å². The van der Waals surface area contributed by atoms with Crippen LogP contribution in [0.1, 0.15) is 10.4 Å². The molecule has 0 spiro atoms. The van der Waals surface area contributed by atoms with Gasteiger partial charge >= 0.3 is 0 Å². The molecular weight excluding hydrogens is 419 g/mol. The van der Waals surface area contributed by atoms with E-state index in [1.54, 1.807) is 24.3 Å². The van der Waals surface area contributed by atoms with Crippen molar-refractivity contribution < 1.29 is 22.3 Å². The molecular formula is C20H16ClFN2O4S. The number of hydrogen-bond acceptors (Lipinski definition) is 4. The van der Waals surface area contributed by atoms with Crippen LogP contribution in [0.15, 0.2) is 71.6 Å². The number of methoxy groups -OCH3 is 1. The second-order valence-corrected chi connectivity index (χ2v) is 8.00. The van der Waals surface area contributed by atoms with Gasteiger partial charge in [-0.1, -0.05) is 23.7 Å². The summed E-state index contributed by atoms with van der Waals surface area (Å²) in [5, 5.41) is 2.60. The Kier molecular flexibility index (Phi) is 6.05. The summed E-state index contributed by atoms with van der Waals surface area (Å²) in [6.07, 6.45) is 0. The number of carbonyl (C=O) groups is 1. The van der Waals surface area contributed by atoms with Crippen molar-refractivity contribution in [2.24, 2.45) is 0 Å². The van der Waals surface area contributed by atoms with Gasteiger partial charge in [0.25, 0.3) is 15.9 Å². The normalized spacial score (nSPS) is 11.0. The topological polar surface area (TPSA) is 84.5 Å². The van der Waals surface area contributed by atoms with Crippen LogP contribution < -0.4 is 14.8 Å². The third kappa shape index (κ3) is 4.85. The highest BCUT2D eigenvalue weighted by Gasteiger charge is 2.18.